The van der Waals surface area contributed by atoms with Crippen LogP contribution in [0.25, 0.3) is 0 Å². The SMILES string of the molecule is CCC1CCCN(c2cc(C#N)ccc2C(C)O)CC1. The Morgan fingerprint density at radius 3 is 2.85 bits per heavy atom. The van der Waals surface area contributed by atoms with Crippen LogP contribution in [0.15, 0.2) is 18.2 Å². The van der Waals surface area contributed by atoms with E-state index in [4.69, 9.17) is 5.26 Å². The van der Waals surface area contributed by atoms with Gasteiger partial charge in [-0.25, -0.2) is 0 Å². The second-order valence-electron chi connectivity index (χ2n) is 5.75. The zero-order valence-electron chi connectivity index (χ0n) is 12.5. The molecular formula is C17H24N2O. The van der Waals surface area contributed by atoms with Gasteiger partial charge in [-0.2, -0.15) is 5.26 Å². The molecule has 0 radical (unpaired) electrons. The van der Waals surface area contributed by atoms with E-state index in [0.29, 0.717) is 5.56 Å². The molecule has 1 aromatic rings. The lowest BCUT2D eigenvalue weighted by molar-refractivity contribution is 0.199. The maximum Gasteiger partial charge on any atom is 0.0992 e. The maximum absolute atomic E-state index is 9.96. The Hall–Kier alpha value is -1.53. The molecule has 3 heteroatoms. The molecule has 108 valence electrons. The third-order valence-corrected chi connectivity index (χ3v) is 4.38. The Balaban J connectivity index is 2.28. The average molecular weight is 272 g/mol. The number of hydrogen-bond acceptors (Lipinski definition) is 3. The van der Waals surface area contributed by atoms with E-state index in [1.807, 2.05) is 12.1 Å². The molecule has 0 amide bonds. The lowest BCUT2D eigenvalue weighted by Crippen LogP contribution is -2.25. The summed E-state index contributed by atoms with van der Waals surface area (Å²) in [5, 5.41) is 19.1. The van der Waals surface area contributed by atoms with Crippen molar-refractivity contribution in [2.45, 2.75) is 45.6 Å². The molecule has 0 spiro atoms. The smallest absolute Gasteiger partial charge is 0.0992 e. The second kappa shape index (κ2) is 6.76. The zero-order valence-corrected chi connectivity index (χ0v) is 12.5. The number of nitriles is 1. The van der Waals surface area contributed by atoms with Crippen molar-refractivity contribution in [1.82, 2.24) is 0 Å². The molecule has 1 aliphatic rings. The van der Waals surface area contributed by atoms with Crippen LogP contribution in [0, 0.1) is 17.2 Å². The summed E-state index contributed by atoms with van der Waals surface area (Å²) in [6, 6.07) is 7.80. The number of anilines is 1. The zero-order chi connectivity index (χ0) is 14.5. The number of aliphatic hydroxyl groups is 1. The molecule has 2 atom stereocenters. The summed E-state index contributed by atoms with van der Waals surface area (Å²) in [7, 11) is 0. The van der Waals surface area contributed by atoms with Gasteiger partial charge >= 0.3 is 0 Å². The number of nitrogens with zero attached hydrogens (tertiary/aromatic N) is 2. The van der Waals surface area contributed by atoms with Crippen molar-refractivity contribution in [3.63, 3.8) is 0 Å². The molecule has 1 N–H and O–H groups in total. The van der Waals surface area contributed by atoms with Gasteiger partial charge in [-0.15, -0.1) is 0 Å². The Labute approximate surface area is 121 Å². The second-order valence-corrected chi connectivity index (χ2v) is 5.75. The highest BCUT2D eigenvalue weighted by atomic mass is 16.3. The summed E-state index contributed by atoms with van der Waals surface area (Å²) in [6.07, 6.45) is 4.42. The predicted molar refractivity (Wildman–Crippen MR) is 81.6 cm³/mol. The molecule has 1 aromatic carbocycles. The molecule has 1 aliphatic heterocycles. The van der Waals surface area contributed by atoms with Crippen LogP contribution in [0.3, 0.4) is 0 Å². The summed E-state index contributed by atoms with van der Waals surface area (Å²) < 4.78 is 0. The quantitative estimate of drug-likeness (QED) is 0.914. The number of aliphatic hydroxyl groups excluding tert-OH is 1. The van der Waals surface area contributed by atoms with Crippen LogP contribution in [0.5, 0.6) is 0 Å². The standard InChI is InChI=1S/C17H24N2O/c1-3-14-5-4-9-19(10-8-14)17-11-15(12-18)6-7-16(17)13(2)20/h6-7,11,13-14,20H,3-5,8-10H2,1-2H3. The van der Waals surface area contributed by atoms with E-state index < -0.39 is 6.10 Å². The summed E-state index contributed by atoms with van der Waals surface area (Å²) in [5.74, 6) is 0.814. The molecule has 0 aromatic heterocycles. The summed E-state index contributed by atoms with van der Waals surface area (Å²) in [6.45, 7) is 6.09. The van der Waals surface area contributed by atoms with E-state index in [0.717, 1.165) is 30.3 Å². The van der Waals surface area contributed by atoms with Gasteiger partial charge < -0.3 is 10.0 Å². The van der Waals surface area contributed by atoms with Crippen LogP contribution in [0.2, 0.25) is 0 Å². The van der Waals surface area contributed by atoms with Crippen molar-refractivity contribution in [3.8, 4) is 6.07 Å². The van der Waals surface area contributed by atoms with Crippen LogP contribution >= 0.6 is 0 Å². The Morgan fingerprint density at radius 1 is 1.40 bits per heavy atom. The van der Waals surface area contributed by atoms with Gasteiger partial charge in [-0.1, -0.05) is 19.4 Å². The maximum atomic E-state index is 9.96. The molecule has 2 unspecified atom stereocenters. The van der Waals surface area contributed by atoms with Gasteiger partial charge in [-0.3, -0.25) is 0 Å². The van der Waals surface area contributed by atoms with E-state index in [9.17, 15) is 5.11 Å². The summed E-state index contributed by atoms with van der Waals surface area (Å²) in [4.78, 5) is 2.35. The predicted octanol–water partition coefficient (Wildman–Crippen LogP) is 3.63. The fourth-order valence-corrected chi connectivity index (χ4v) is 3.05. The van der Waals surface area contributed by atoms with E-state index >= 15 is 0 Å². The molecule has 3 nitrogen and oxygen atoms in total. The first-order valence-electron chi connectivity index (χ1n) is 7.62. The molecule has 2 rings (SSSR count). The fourth-order valence-electron chi connectivity index (χ4n) is 3.05. The van der Waals surface area contributed by atoms with Crippen LogP contribution < -0.4 is 4.90 Å². The Morgan fingerprint density at radius 2 is 2.20 bits per heavy atom. The van der Waals surface area contributed by atoms with Crippen LogP contribution in [0.4, 0.5) is 5.69 Å². The largest absolute Gasteiger partial charge is 0.389 e. The van der Waals surface area contributed by atoms with Gasteiger partial charge in [0.1, 0.15) is 0 Å². The third-order valence-electron chi connectivity index (χ3n) is 4.38. The molecule has 1 heterocycles. The average Bonchev–Trinajstić information content (AvgIpc) is 2.71. The van der Waals surface area contributed by atoms with Crippen molar-refractivity contribution in [1.29, 1.82) is 5.26 Å². The highest BCUT2D eigenvalue weighted by Crippen LogP contribution is 2.31. The minimum absolute atomic E-state index is 0.497. The topological polar surface area (TPSA) is 47.3 Å². The van der Waals surface area contributed by atoms with Gasteiger partial charge in [0.2, 0.25) is 0 Å². The summed E-state index contributed by atoms with van der Waals surface area (Å²) in [5.41, 5.74) is 2.63. The molecule has 1 saturated heterocycles. The van der Waals surface area contributed by atoms with Crippen LogP contribution in [-0.2, 0) is 0 Å². The van der Waals surface area contributed by atoms with E-state index in [1.165, 1.54) is 25.7 Å². The summed E-state index contributed by atoms with van der Waals surface area (Å²) >= 11 is 0. The van der Waals surface area contributed by atoms with Crippen molar-refractivity contribution in [3.05, 3.63) is 29.3 Å². The third kappa shape index (κ3) is 3.32. The monoisotopic (exact) mass is 272 g/mol. The Kier molecular flexibility index (Phi) is 5.03. The molecule has 1 fully saturated rings. The first-order valence-corrected chi connectivity index (χ1v) is 7.62. The lowest BCUT2D eigenvalue weighted by Gasteiger charge is -2.27. The molecule has 0 bridgehead atoms. The first kappa shape index (κ1) is 14.9. The Bertz CT molecular complexity index is 490. The van der Waals surface area contributed by atoms with Crippen molar-refractivity contribution in [2.24, 2.45) is 5.92 Å². The van der Waals surface area contributed by atoms with Crippen molar-refractivity contribution >= 4 is 5.69 Å². The highest BCUT2D eigenvalue weighted by Gasteiger charge is 2.19. The highest BCUT2D eigenvalue weighted by molar-refractivity contribution is 5.58. The van der Waals surface area contributed by atoms with Gasteiger partial charge in [0, 0.05) is 24.3 Å². The normalized spacial score (nSPS) is 21.1. The molecule has 0 saturated carbocycles. The van der Waals surface area contributed by atoms with Gasteiger partial charge in [-0.05, 0) is 44.2 Å². The van der Waals surface area contributed by atoms with Gasteiger partial charge in [0.15, 0.2) is 0 Å². The minimum Gasteiger partial charge on any atom is -0.389 e. The molecule has 0 aliphatic carbocycles. The lowest BCUT2D eigenvalue weighted by atomic mass is 9.98. The van der Waals surface area contributed by atoms with E-state index in [-0.39, 0.29) is 0 Å². The van der Waals surface area contributed by atoms with E-state index in [1.54, 1.807) is 13.0 Å². The number of rotatable bonds is 3. The molecule has 20 heavy (non-hydrogen) atoms. The van der Waals surface area contributed by atoms with Crippen molar-refractivity contribution in [2.75, 3.05) is 18.0 Å². The molecular weight excluding hydrogens is 248 g/mol. The van der Waals surface area contributed by atoms with E-state index in [2.05, 4.69) is 17.9 Å². The number of hydrogen-bond donors (Lipinski definition) is 1. The fraction of sp³-hybridized carbons (Fsp3) is 0.588. The van der Waals surface area contributed by atoms with Crippen LogP contribution in [0.1, 0.15) is 56.8 Å². The van der Waals surface area contributed by atoms with Crippen LogP contribution in [-0.4, -0.2) is 18.2 Å². The minimum atomic E-state index is -0.497. The van der Waals surface area contributed by atoms with Gasteiger partial charge in [0.25, 0.3) is 0 Å². The number of benzene rings is 1. The van der Waals surface area contributed by atoms with Gasteiger partial charge in [0.05, 0.1) is 17.7 Å². The first-order chi connectivity index (χ1) is 9.65. The van der Waals surface area contributed by atoms with Crippen molar-refractivity contribution < 1.29 is 5.11 Å².